The average molecular weight is 282 g/mol. The third-order valence-electron chi connectivity index (χ3n) is 2.77. The summed E-state index contributed by atoms with van der Waals surface area (Å²) in [6.45, 7) is 2.09. The van der Waals surface area contributed by atoms with E-state index in [0.29, 0.717) is 24.3 Å². The number of ether oxygens (including phenoxy) is 2. The molecule has 0 saturated heterocycles. The summed E-state index contributed by atoms with van der Waals surface area (Å²) in [4.78, 5) is 22.1. The number of hydrogen-bond donors (Lipinski definition) is 2. The van der Waals surface area contributed by atoms with Crippen LogP contribution in [-0.2, 0) is 20.7 Å². The molecule has 0 aliphatic rings. The molecule has 0 saturated carbocycles. The molecule has 0 fully saturated rings. The fourth-order valence-corrected chi connectivity index (χ4v) is 1.81. The van der Waals surface area contributed by atoms with Crippen LogP contribution in [0.4, 0.5) is 0 Å². The van der Waals surface area contributed by atoms with Gasteiger partial charge in [0.25, 0.3) is 0 Å². The summed E-state index contributed by atoms with van der Waals surface area (Å²) < 4.78 is 9.99. The number of rotatable bonds is 7. The molecule has 0 aliphatic heterocycles. The monoisotopic (exact) mass is 282 g/mol. The fourth-order valence-electron chi connectivity index (χ4n) is 1.81. The number of aliphatic carboxylic acids is 1. The number of carbonyl (C=O) groups excluding carboxylic acids is 1. The summed E-state index contributed by atoms with van der Waals surface area (Å²) >= 11 is 0. The van der Waals surface area contributed by atoms with Gasteiger partial charge in [0.05, 0.1) is 13.7 Å². The van der Waals surface area contributed by atoms with E-state index in [1.165, 1.54) is 13.2 Å². The lowest BCUT2D eigenvalue weighted by atomic mass is 10.0. The molecule has 0 spiro atoms. The van der Waals surface area contributed by atoms with Crippen molar-refractivity contribution in [1.29, 1.82) is 0 Å². The van der Waals surface area contributed by atoms with Gasteiger partial charge < -0.3 is 19.7 Å². The number of benzene rings is 1. The van der Waals surface area contributed by atoms with Crippen LogP contribution in [0.1, 0.15) is 30.6 Å². The average Bonchev–Trinajstić information content (AvgIpc) is 2.45. The first kappa shape index (κ1) is 16.0. The number of carboxylic acids is 1. The molecule has 0 bridgehead atoms. The van der Waals surface area contributed by atoms with Gasteiger partial charge in [-0.3, -0.25) is 4.79 Å². The van der Waals surface area contributed by atoms with Gasteiger partial charge in [0.1, 0.15) is 5.75 Å². The predicted molar refractivity (Wildman–Crippen MR) is 70.5 cm³/mol. The second kappa shape index (κ2) is 7.49. The smallest absolute Gasteiger partial charge is 0.337 e. The Balaban J connectivity index is 3.07. The van der Waals surface area contributed by atoms with Gasteiger partial charge in [-0.25, -0.2) is 4.79 Å². The first-order chi connectivity index (χ1) is 9.51. The Hall–Kier alpha value is -2.08. The molecule has 1 atom stereocenters. The molecule has 1 unspecified atom stereocenters. The van der Waals surface area contributed by atoms with Crippen molar-refractivity contribution < 1.29 is 29.3 Å². The summed E-state index contributed by atoms with van der Waals surface area (Å²) in [6.07, 6.45) is -1.15. The highest BCUT2D eigenvalue weighted by Gasteiger charge is 2.22. The predicted octanol–water partition coefficient (Wildman–Crippen LogP) is 1.31. The van der Waals surface area contributed by atoms with Crippen LogP contribution in [0.15, 0.2) is 18.2 Å². The number of hydrogen-bond acceptors (Lipinski definition) is 5. The third-order valence-corrected chi connectivity index (χ3v) is 2.77. The third kappa shape index (κ3) is 3.96. The van der Waals surface area contributed by atoms with Gasteiger partial charge in [-0.2, -0.15) is 0 Å². The summed E-state index contributed by atoms with van der Waals surface area (Å²) in [5.41, 5.74) is 0.844. The Kier molecular flexibility index (Phi) is 5.99. The van der Waals surface area contributed by atoms with E-state index in [1.807, 2.05) is 0 Å². The molecular formula is C14H18O6. The van der Waals surface area contributed by atoms with Gasteiger partial charge in [-0.1, -0.05) is 18.2 Å². The lowest BCUT2D eigenvalue weighted by Crippen LogP contribution is -2.13. The van der Waals surface area contributed by atoms with Crippen molar-refractivity contribution in [2.75, 3.05) is 13.7 Å². The summed E-state index contributed by atoms with van der Waals surface area (Å²) in [7, 11) is 1.30. The van der Waals surface area contributed by atoms with Crippen molar-refractivity contribution >= 4 is 11.9 Å². The highest BCUT2D eigenvalue weighted by Crippen LogP contribution is 2.30. The molecule has 20 heavy (non-hydrogen) atoms. The van der Waals surface area contributed by atoms with E-state index < -0.39 is 12.1 Å². The topological polar surface area (TPSA) is 93.1 Å². The van der Waals surface area contributed by atoms with E-state index in [0.717, 1.165) is 0 Å². The molecule has 1 aromatic rings. The largest absolute Gasteiger partial charge is 0.493 e. The Bertz CT molecular complexity index is 483. The van der Waals surface area contributed by atoms with Crippen LogP contribution in [-0.4, -0.2) is 35.9 Å². The zero-order valence-electron chi connectivity index (χ0n) is 11.5. The number of carbonyl (C=O) groups is 2. The second-order valence-electron chi connectivity index (χ2n) is 4.09. The molecule has 6 nitrogen and oxygen atoms in total. The van der Waals surface area contributed by atoms with Gasteiger partial charge in [-0.15, -0.1) is 0 Å². The summed E-state index contributed by atoms with van der Waals surface area (Å²) in [5, 5.41) is 18.6. The highest BCUT2D eigenvalue weighted by atomic mass is 16.5. The molecule has 0 aromatic heterocycles. The van der Waals surface area contributed by atoms with Crippen molar-refractivity contribution in [2.24, 2.45) is 0 Å². The second-order valence-corrected chi connectivity index (χ2v) is 4.09. The minimum atomic E-state index is -1.66. The molecule has 6 heteroatoms. The molecule has 1 rings (SSSR count). The first-order valence-electron chi connectivity index (χ1n) is 6.23. The van der Waals surface area contributed by atoms with Gasteiger partial charge >= 0.3 is 11.9 Å². The maximum atomic E-state index is 11.2. The summed E-state index contributed by atoms with van der Waals surface area (Å²) in [5.74, 6) is -1.40. The molecule has 0 radical (unpaired) electrons. The minimum absolute atomic E-state index is 0.156. The molecule has 0 amide bonds. The Morgan fingerprint density at radius 2 is 2.05 bits per heavy atom. The van der Waals surface area contributed by atoms with Crippen LogP contribution in [0.3, 0.4) is 0 Å². The number of aryl methyl sites for hydroxylation is 1. The number of methoxy groups -OCH3 is 1. The van der Waals surface area contributed by atoms with Crippen LogP contribution in [0, 0.1) is 0 Å². The van der Waals surface area contributed by atoms with Crippen LogP contribution in [0.25, 0.3) is 0 Å². The highest BCUT2D eigenvalue weighted by molar-refractivity contribution is 5.75. The fraction of sp³-hybridized carbons (Fsp3) is 0.429. The molecule has 2 N–H and O–H groups in total. The van der Waals surface area contributed by atoms with Gasteiger partial charge in [0.2, 0.25) is 0 Å². The van der Waals surface area contributed by atoms with Crippen LogP contribution in [0.2, 0.25) is 0 Å². The zero-order valence-corrected chi connectivity index (χ0v) is 11.5. The normalized spacial score (nSPS) is 11.8. The lowest BCUT2D eigenvalue weighted by molar-refractivity contribution is -0.147. The zero-order chi connectivity index (χ0) is 15.1. The summed E-state index contributed by atoms with van der Waals surface area (Å²) in [6, 6.07) is 4.84. The number of esters is 1. The maximum Gasteiger partial charge on any atom is 0.337 e. The number of carboxylic acid groups (broad SMARTS) is 1. The lowest BCUT2D eigenvalue weighted by Gasteiger charge is -2.16. The Labute approximate surface area is 116 Å². The van der Waals surface area contributed by atoms with Crippen molar-refractivity contribution in [1.82, 2.24) is 0 Å². The molecule has 0 heterocycles. The van der Waals surface area contributed by atoms with E-state index in [-0.39, 0.29) is 18.0 Å². The van der Waals surface area contributed by atoms with Gasteiger partial charge in [0, 0.05) is 12.0 Å². The maximum absolute atomic E-state index is 11.2. The molecule has 110 valence electrons. The van der Waals surface area contributed by atoms with Crippen LogP contribution >= 0.6 is 0 Å². The van der Waals surface area contributed by atoms with Crippen molar-refractivity contribution in [3.63, 3.8) is 0 Å². The molecule has 0 aliphatic carbocycles. The standard InChI is InChI=1S/C14H18O6/c1-3-20-13-9(7-8-11(15)19-2)5-4-6-10(13)12(16)14(17)18/h4-6,12,16H,3,7-8H2,1-2H3,(H,17,18). The van der Waals surface area contributed by atoms with Crippen LogP contribution < -0.4 is 4.74 Å². The molecular weight excluding hydrogens is 264 g/mol. The van der Waals surface area contributed by atoms with Crippen molar-refractivity contribution in [2.45, 2.75) is 25.9 Å². The van der Waals surface area contributed by atoms with E-state index in [9.17, 15) is 14.7 Å². The van der Waals surface area contributed by atoms with E-state index in [1.54, 1.807) is 19.1 Å². The number of aliphatic hydroxyl groups excluding tert-OH is 1. The van der Waals surface area contributed by atoms with E-state index >= 15 is 0 Å². The van der Waals surface area contributed by atoms with E-state index in [2.05, 4.69) is 4.74 Å². The first-order valence-corrected chi connectivity index (χ1v) is 6.23. The Morgan fingerprint density at radius 3 is 2.60 bits per heavy atom. The SMILES string of the molecule is CCOc1c(CCC(=O)OC)cccc1C(O)C(=O)O. The van der Waals surface area contributed by atoms with E-state index in [4.69, 9.17) is 9.84 Å². The van der Waals surface area contributed by atoms with Gasteiger partial charge in [-0.05, 0) is 18.9 Å². The van der Waals surface area contributed by atoms with Gasteiger partial charge in [0.15, 0.2) is 6.10 Å². The Morgan fingerprint density at radius 1 is 1.35 bits per heavy atom. The minimum Gasteiger partial charge on any atom is -0.493 e. The quantitative estimate of drug-likeness (QED) is 0.732. The number of aliphatic hydroxyl groups is 1. The molecule has 1 aromatic carbocycles. The number of para-hydroxylation sites is 1. The van der Waals surface area contributed by atoms with Crippen molar-refractivity contribution in [3.8, 4) is 5.75 Å². The van der Waals surface area contributed by atoms with Crippen molar-refractivity contribution in [3.05, 3.63) is 29.3 Å². The van der Waals surface area contributed by atoms with Crippen LogP contribution in [0.5, 0.6) is 5.75 Å².